The molecule has 94 valence electrons. The molecule has 0 aliphatic heterocycles. The Morgan fingerprint density at radius 1 is 1.33 bits per heavy atom. The van der Waals surface area contributed by atoms with E-state index in [0.29, 0.717) is 13.1 Å². The van der Waals surface area contributed by atoms with Gasteiger partial charge in [-0.15, -0.1) is 0 Å². The molecule has 0 aliphatic carbocycles. The van der Waals surface area contributed by atoms with Gasteiger partial charge in [0, 0.05) is 24.2 Å². The van der Waals surface area contributed by atoms with E-state index in [9.17, 15) is 4.79 Å². The number of hydrogen-bond donors (Lipinski definition) is 1. The first-order valence-electron chi connectivity index (χ1n) is 5.87. The van der Waals surface area contributed by atoms with E-state index >= 15 is 0 Å². The highest BCUT2D eigenvalue weighted by molar-refractivity contribution is 7.08. The number of nitrogens with two attached hydrogens (primary N) is 1. The molecule has 0 saturated carbocycles. The Labute approximate surface area is 111 Å². The zero-order valence-corrected chi connectivity index (χ0v) is 11.1. The maximum atomic E-state index is 12.2. The van der Waals surface area contributed by atoms with Crippen LogP contribution in [0.1, 0.15) is 22.8 Å². The van der Waals surface area contributed by atoms with Gasteiger partial charge in [0.15, 0.2) is 0 Å². The summed E-state index contributed by atoms with van der Waals surface area (Å²) in [5, 5.41) is 3.79. The van der Waals surface area contributed by atoms with Gasteiger partial charge in [-0.3, -0.25) is 4.79 Å². The van der Waals surface area contributed by atoms with Gasteiger partial charge in [0.1, 0.15) is 0 Å². The van der Waals surface area contributed by atoms with Crippen molar-refractivity contribution in [3.63, 3.8) is 0 Å². The molecule has 1 aromatic carbocycles. The van der Waals surface area contributed by atoms with Crippen molar-refractivity contribution in [1.29, 1.82) is 0 Å². The quantitative estimate of drug-likeness (QED) is 0.859. The van der Waals surface area contributed by atoms with Crippen LogP contribution in [0.4, 0.5) is 5.69 Å². The van der Waals surface area contributed by atoms with E-state index in [1.807, 2.05) is 48.0 Å². The van der Waals surface area contributed by atoms with Crippen LogP contribution in [0, 0.1) is 0 Å². The zero-order valence-electron chi connectivity index (χ0n) is 10.3. The van der Waals surface area contributed by atoms with Gasteiger partial charge in [0.2, 0.25) is 0 Å². The number of anilines is 1. The largest absolute Gasteiger partial charge is 0.398 e. The number of para-hydroxylation sites is 1. The third-order valence-corrected chi connectivity index (χ3v) is 3.54. The molecule has 0 bridgehead atoms. The molecule has 1 amide bonds. The lowest BCUT2D eigenvalue weighted by atomic mass is 10.1. The number of thiophene rings is 1. The summed E-state index contributed by atoms with van der Waals surface area (Å²) in [6.07, 6.45) is 0. The molecule has 0 unspecified atom stereocenters. The van der Waals surface area contributed by atoms with Gasteiger partial charge in [-0.05, 0) is 30.0 Å². The van der Waals surface area contributed by atoms with Crippen LogP contribution >= 0.6 is 11.3 Å². The molecule has 2 rings (SSSR count). The Morgan fingerprint density at radius 3 is 2.72 bits per heavy atom. The maximum Gasteiger partial charge on any atom is 0.254 e. The average Bonchev–Trinajstić information content (AvgIpc) is 2.91. The van der Waals surface area contributed by atoms with Crippen LogP contribution in [0.25, 0.3) is 0 Å². The van der Waals surface area contributed by atoms with Crippen LogP contribution in [0.2, 0.25) is 0 Å². The molecule has 0 spiro atoms. The summed E-state index contributed by atoms with van der Waals surface area (Å²) in [7, 11) is 0. The highest BCUT2D eigenvalue weighted by Crippen LogP contribution is 2.16. The zero-order chi connectivity index (χ0) is 13.0. The lowest BCUT2D eigenvalue weighted by Gasteiger charge is -2.21. The topological polar surface area (TPSA) is 46.3 Å². The van der Waals surface area contributed by atoms with Gasteiger partial charge in [-0.2, -0.15) is 11.3 Å². The third-order valence-electron chi connectivity index (χ3n) is 2.85. The van der Waals surface area contributed by atoms with Crippen LogP contribution in [0.15, 0.2) is 41.1 Å². The number of amides is 1. The highest BCUT2D eigenvalue weighted by Gasteiger charge is 2.15. The first-order valence-corrected chi connectivity index (χ1v) is 6.81. The number of nitrogens with zero attached hydrogens (tertiary/aromatic N) is 1. The number of benzene rings is 1. The van der Waals surface area contributed by atoms with E-state index in [-0.39, 0.29) is 5.91 Å². The highest BCUT2D eigenvalue weighted by atomic mass is 32.1. The van der Waals surface area contributed by atoms with Crippen LogP contribution < -0.4 is 5.73 Å². The van der Waals surface area contributed by atoms with Gasteiger partial charge in [-0.25, -0.2) is 0 Å². The van der Waals surface area contributed by atoms with E-state index in [0.717, 1.165) is 16.8 Å². The molecule has 1 heterocycles. The summed E-state index contributed by atoms with van der Waals surface area (Å²) < 4.78 is 0. The van der Waals surface area contributed by atoms with Crippen LogP contribution in [0.3, 0.4) is 0 Å². The first kappa shape index (κ1) is 12.6. The summed E-state index contributed by atoms with van der Waals surface area (Å²) in [5.74, 6) is 0.0574. The summed E-state index contributed by atoms with van der Waals surface area (Å²) in [5.41, 5.74) is 8.37. The van der Waals surface area contributed by atoms with Gasteiger partial charge in [0.05, 0.1) is 5.56 Å². The van der Waals surface area contributed by atoms with Crippen molar-refractivity contribution in [1.82, 2.24) is 4.90 Å². The summed E-state index contributed by atoms with van der Waals surface area (Å²) in [6.45, 7) is 3.20. The van der Waals surface area contributed by atoms with E-state index in [1.54, 1.807) is 4.90 Å². The summed E-state index contributed by atoms with van der Waals surface area (Å²) in [6, 6.07) is 9.51. The Bertz CT molecular complexity index is 522. The second-order valence-electron chi connectivity index (χ2n) is 4.03. The first-order chi connectivity index (χ1) is 8.72. The Balaban J connectivity index is 2.15. The lowest BCUT2D eigenvalue weighted by Crippen LogP contribution is -2.30. The molecule has 0 fully saturated rings. The molecule has 0 atom stereocenters. The molecule has 0 radical (unpaired) electrons. The number of carbonyl (C=O) groups is 1. The SMILES string of the molecule is CCN(Cc1ccccc1N)C(=O)c1ccsc1. The third kappa shape index (κ3) is 2.71. The van der Waals surface area contributed by atoms with Gasteiger partial charge >= 0.3 is 0 Å². The molecule has 4 heteroatoms. The van der Waals surface area contributed by atoms with Crippen molar-refractivity contribution in [3.8, 4) is 0 Å². The molecule has 0 saturated heterocycles. The smallest absolute Gasteiger partial charge is 0.254 e. The van der Waals surface area contributed by atoms with Crippen molar-refractivity contribution < 1.29 is 4.79 Å². The second kappa shape index (κ2) is 5.69. The predicted octanol–water partition coefficient (Wildman–Crippen LogP) is 2.99. The van der Waals surface area contributed by atoms with Gasteiger partial charge in [0.25, 0.3) is 5.91 Å². The Morgan fingerprint density at radius 2 is 2.11 bits per heavy atom. The fraction of sp³-hybridized carbons (Fsp3) is 0.214. The van der Waals surface area contributed by atoms with Crippen molar-refractivity contribution in [3.05, 3.63) is 52.2 Å². The van der Waals surface area contributed by atoms with Crippen molar-refractivity contribution in [2.45, 2.75) is 13.5 Å². The molecular weight excluding hydrogens is 244 g/mol. The average molecular weight is 260 g/mol. The monoisotopic (exact) mass is 260 g/mol. The lowest BCUT2D eigenvalue weighted by molar-refractivity contribution is 0.0753. The minimum atomic E-state index is 0.0574. The van der Waals surface area contributed by atoms with Crippen LogP contribution in [-0.2, 0) is 6.54 Å². The number of nitrogen functional groups attached to an aromatic ring is 1. The number of hydrogen-bond acceptors (Lipinski definition) is 3. The number of carbonyl (C=O) groups excluding carboxylic acids is 1. The maximum absolute atomic E-state index is 12.2. The second-order valence-corrected chi connectivity index (χ2v) is 4.81. The van der Waals surface area contributed by atoms with E-state index < -0.39 is 0 Å². The van der Waals surface area contributed by atoms with E-state index in [4.69, 9.17) is 5.73 Å². The number of rotatable bonds is 4. The molecule has 1 aromatic heterocycles. The van der Waals surface area contributed by atoms with Crippen molar-refractivity contribution >= 4 is 22.9 Å². The molecule has 3 nitrogen and oxygen atoms in total. The normalized spacial score (nSPS) is 10.3. The van der Waals surface area contributed by atoms with Crippen LogP contribution in [-0.4, -0.2) is 17.4 Å². The minimum Gasteiger partial charge on any atom is -0.398 e. The van der Waals surface area contributed by atoms with Gasteiger partial charge < -0.3 is 10.6 Å². The van der Waals surface area contributed by atoms with Crippen molar-refractivity contribution in [2.24, 2.45) is 0 Å². The summed E-state index contributed by atoms with van der Waals surface area (Å²) >= 11 is 1.53. The molecular formula is C14H16N2OS. The predicted molar refractivity (Wildman–Crippen MR) is 75.6 cm³/mol. The fourth-order valence-electron chi connectivity index (χ4n) is 1.78. The van der Waals surface area contributed by atoms with E-state index in [1.165, 1.54) is 11.3 Å². The van der Waals surface area contributed by atoms with Crippen molar-refractivity contribution in [2.75, 3.05) is 12.3 Å². The molecule has 2 N–H and O–H groups in total. The minimum absolute atomic E-state index is 0.0574. The fourth-order valence-corrected chi connectivity index (χ4v) is 2.41. The molecule has 0 aliphatic rings. The molecule has 18 heavy (non-hydrogen) atoms. The summed E-state index contributed by atoms with van der Waals surface area (Å²) in [4.78, 5) is 14.0. The van der Waals surface area contributed by atoms with E-state index in [2.05, 4.69) is 0 Å². The Kier molecular flexibility index (Phi) is 3.99. The van der Waals surface area contributed by atoms with Crippen LogP contribution in [0.5, 0.6) is 0 Å². The standard InChI is InChI=1S/C14H16N2OS/c1-2-16(14(17)12-7-8-18-10-12)9-11-5-3-4-6-13(11)15/h3-8,10H,2,9,15H2,1H3. The van der Waals surface area contributed by atoms with Gasteiger partial charge in [-0.1, -0.05) is 18.2 Å². The Hall–Kier alpha value is -1.81. The molecule has 2 aromatic rings.